The molecule has 23 heavy (non-hydrogen) atoms. The Balaban J connectivity index is 2.08. The highest BCUT2D eigenvalue weighted by molar-refractivity contribution is 7.79. The van der Waals surface area contributed by atoms with Gasteiger partial charge in [0.1, 0.15) is 7.14 Å². The lowest BCUT2D eigenvalue weighted by Gasteiger charge is -2.08. The van der Waals surface area contributed by atoms with Gasteiger partial charge in [-0.3, -0.25) is 0 Å². The van der Waals surface area contributed by atoms with Gasteiger partial charge in [0.05, 0.1) is 0 Å². The smallest absolute Gasteiger partial charge is 0.141 e. The first-order valence-electron chi connectivity index (χ1n) is 7.80. The first kappa shape index (κ1) is 13.1. The molecule has 5 rings (SSSR count). The molecule has 0 spiro atoms. The van der Waals surface area contributed by atoms with Crippen molar-refractivity contribution in [2.24, 2.45) is 0 Å². The lowest BCUT2D eigenvalue weighted by molar-refractivity contribution is 0.591. The first-order valence-corrected chi connectivity index (χ1v) is 9.96. The van der Waals surface area contributed by atoms with Gasteiger partial charge in [-0.05, 0) is 40.3 Å². The number of hydrogen-bond donors (Lipinski definition) is 0. The van der Waals surface area contributed by atoms with E-state index in [1.54, 1.807) is 0 Å². The van der Waals surface area contributed by atoms with Crippen molar-refractivity contribution in [1.82, 2.24) is 0 Å². The van der Waals surface area contributed by atoms with E-state index in [9.17, 15) is 4.57 Å². The van der Waals surface area contributed by atoms with Crippen LogP contribution in [0.1, 0.15) is 0 Å². The fourth-order valence-corrected chi connectivity index (χ4v) is 6.18. The summed E-state index contributed by atoms with van der Waals surface area (Å²) in [5.41, 5.74) is 2.33. The van der Waals surface area contributed by atoms with Gasteiger partial charge in [0.15, 0.2) is 0 Å². The molecule has 1 nitrogen and oxygen atoms in total. The van der Waals surface area contributed by atoms with Gasteiger partial charge in [0.2, 0.25) is 0 Å². The summed E-state index contributed by atoms with van der Waals surface area (Å²) in [6.07, 6.45) is 0. The summed E-state index contributed by atoms with van der Waals surface area (Å²) in [4.78, 5) is 0. The van der Waals surface area contributed by atoms with Crippen LogP contribution in [-0.2, 0) is 4.57 Å². The van der Waals surface area contributed by atoms with Gasteiger partial charge in [-0.2, -0.15) is 0 Å². The summed E-state index contributed by atoms with van der Waals surface area (Å²) in [5, 5.41) is 6.80. The zero-order chi connectivity index (χ0) is 15.6. The van der Waals surface area contributed by atoms with E-state index in [0.717, 1.165) is 10.6 Å². The molecule has 0 fully saturated rings. The summed E-state index contributed by atoms with van der Waals surface area (Å²) in [7, 11) is -2.53. The Hall–Kier alpha value is -2.37. The van der Waals surface area contributed by atoms with Gasteiger partial charge >= 0.3 is 0 Å². The van der Waals surface area contributed by atoms with Crippen molar-refractivity contribution in [3.63, 3.8) is 0 Å². The maximum Gasteiger partial charge on any atom is 0.141 e. The van der Waals surface area contributed by atoms with Crippen molar-refractivity contribution in [3.8, 4) is 11.1 Å². The third-order valence-electron chi connectivity index (χ3n) is 4.98. The van der Waals surface area contributed by atoms with Gasteiger partial charge in [-0.15, -0.1) is 0 Å². The zero-order valence-electron chi connectivity index (χ0n) is 12.8. The first-order chi connectivity index (χ1) is 11.2. The number of hydrogen-bond acceptors (Lipinski definition) is 1. The van der Waals surface area contributed by atoms with Crippen LogP contribution in [0.3, 0.4) is 0 Å². The highest BCUT2D eigenvalue weighted by atomic mass is 31.2. The van der Waals surface area contributed by atoms with E-state index in [0.29, 0.717) is 0 Å². The Kier molecular flexibility index (Phi) is 2.47. The molecule has 0 aliphatic carbocycles. The van der Waals surface area contributed by atoms with E-state index in [1.165, 1.54) is 32.7 Å². The standard InChI is InChI=1S/C21H15OP/c1-23(22)18-12-10-14-6-2-4-8-16(14)20(18)21-17-9-5-3-7-15(17)11-13-19(21)23/h2-13H,1H3. The van der Waals surface area contributed by atoms with Crippen LogP contribution >= 0.6 is 7.14 Å². The van der Waals surface area contributed by atoms with Gasteiger partial charge < -0.3 is 4.57 Å². The topological polar surface area (TPSA) is 17.1 Å². The molecule has 0 saturated carbocycles. The Morgan fingerprint density at radius 3 is 1.52 bits per heavy atom. The maximum absolute atomic E-state index is 13.5. The third kappa shape index (κ3) is 1.61. The molecule has 0 radical (unpaired) electrons. The Labute approximate surface area is 135 Å². The second-order valence-corrected chi connectivity index (χ2v) is 9.10. The van der Waals surface area contributed by atoms with Crippen molar-refractivity contribution >= 4 is 39.3 Å². The molecule has 0 amide bonds. The van der Waals surface area contributed by atoms with Gasteiger partial charge in [0.25, 0.3) is 0 Å². The highest BCUT2D eigenvalue weighted by Gasteiger charge is 2.36. The predicted octanol–water partition coefficient (Wildman–Crippen LogP) is 4.92. The highest BCUT2D eigenvalue weighted by Crippen LogP contribution is 2.53. The molecule has 1 heterocycles. The van der Waals surface area contributed by atoms with Gasteiger partial charge in [-0.25, -0.2) is 0 Å². The molecule has 0 bridgehead atoms. The lowest BCUT2D eigenvalue weighted by atomic mass is 9.94. The lowest BCUT2D eigenvalue weighted by Crippen LogP contribution is -2.08. The van der Waals surface area contributed by atoms with Crippen molar-refractivity contribution in [2.75, 3.05) is 6.66 Å². The summed E-state index contributed by atoms with van der Waals surface area (Å²) in [5.74, 6) is 0. The predicted molar refractivity (Wildman–Crippen MR) is 99.7 cm³/mol. The second kappa shape index (κ2) is 4.34. The molecule has 110 valence electrons. The molecule has 1 aliphatic heterocycles. The number of fused-ring (bicyclic) bond motifs is 7. The van der Waals surface area contributed by atoms with E-state index in [4.69, 9.17) is 0 Å². The number of benzene rings is 4. The molecule has 4 aromatic rings. The van der Waals surface area contributed by atoms with Crippen LogP contribution in [0, 0.1) is 0 Å². The van der Waals surface area contributed by atoms with E-state index >= 15 is 0 Å². The van der Waals surface area contributed by atoms with Crippen molar-refractivity contribution in [3.05, 3.63) is 72.8 Å². The van der Waals surface area contributed by atoms with Crippen LogP contribution in [0.15, 0.2) is 72.8 Å². The quantitative estimate of drug-likeness (QED) is 0.421. The van der Waals surface area contributed by atoms with Crippen LogP contribution < -0.4 is 10.6 Å². The zero-order valence-corrected chi connectivity index (χ0v) is 13.7. The van der Waals surface area contributed by atoms with Gasteiger partial charge in [0, 0.05) is 21.7 Å². The van der Waals surface area contributed by atoms with Crippen molar-refractivity contribution in [1.29, 1.82) is 0 Å². The third-order valence-corrected chi connectivity index (χ3v) is 7.57. The van der Waals surface area contributed by atoms with E-state index in [1.807, 2.05) is 6.66 Å². The summed E-state index contributed by atoms with van der Waals surface area (Å²) >= 11 is 0. The van der Waals surface area contributed by atoms with Crippen LogP contribution in [0.5, 0.6) is 0 Å². The summed E-state index contributed by atoms with van der Waals surface area (Å²) < 4.78 is 13.5. The van der Waals surface area contributed by atoms with E-state index in [2.05, 4.69) is 72.8 Å². The van der Waals surface area contributed by atoms with Crippen LogP contribution in [0.25, 0.3) is 32.7 Å². The Morgan fingerprint density at radius 1 is 0.609 bits per heavy atom. The fraction of sp³-hybridized carbons (Fsp3) is 0.0476. The minimum Gasteiger partial charge on any atom is -0.314 e. The Morgan fingerprint density at radius 2 is 1.04 bits per heavy atom. The maximum atomic E-state index is 13.5. The molecule has 0 N–H and O–H groups in total. The van der Waals surface area contributed by atoms with Gasteiger partial charge in [-0.1, -0.05) is 60.7 Å². The average molecular weight is 314 g/mol. The van der Waals surface area contributed by atoms with Crippen LogP contribution in [0.2, 0.25) is 0 Å². The summed E-state index contributed by atoms with van der Waals surface area (Å²) in [6.45, 7) is 1.90. The van der Waals surface area contributed by atoms with E-state index < -0.39 is 7.14 Å². The Bertz CT molecular complexity index is 1070. The van der Waals surface area contributed by atoms with Crippen LogP contribution in [0.4, 0.5) is 0 Å². The SMILES string of the molecule is CP1(=O)c2ccc3ccccc3c2-c2c1ccc1ccccc21. The molecule has 0 saturated heterocycles. The largest absolute Gasteiger partial charge is 0.314 e. The fourth-order valence-electron chi connectivity index (χ4n) is 3.89. The molecule has 0 atom stereocenters. The van der Waals surface area contributed by atoms with Crippen LogP contribution in [-0.4, -0.2) is 6.66 Å². The minimum absolute atomic E-state index is 1.00. The number of rotatable bonds is 0. The molecular weight excluding hydrogens is 299 g/mol. The molecule has 1 aliphatic rings. The van der Waals surface area contributed by atoms with Crippen molar-refractivity contribution < 1.29 is 4.57 Å². The second-order valence-electron chi connectivity index (χ2n) is 6.29. The molecule has 4 aromatic carbocycles. The average Bonchev–Trinajstić information content (AvgIpc) is 2.83. The molecule has 0 unspecified atom stereocenters. The molecule has 0 aromatic heterocycles. The molecule has 2 heteroatoms. The minimum atomic E-state index is -2.53. The normalized spacial score (nSPS) is 14.8. The molecular formula is C21H15OP. The summed E-state index contributed by atoms with van der Waals surface area (Å²) in [6, 6.07) is 25.1. The van der Waals surface area contributed by atoms with E-state index in [-0.39, 0.29) is 0 Å². The van der Waals surface area contributed by atoms with Crippen molar-refractivity contribution in [2.45, 2.75) is 0 Å². The monoisotopic (exact) mass is 314 g/mol.